The zero-order valence-corrected chi connectivity index (χ0v) is 63.9. The number of fused-ring (bicyclic) bond motifs is 3. The van der Waals surface area contributed by atoms with Crippen LogP contribution >= 0.6 is 0 Å². The molecule has 0 aromatic heterocycles. The Labute approximate surface area is 630 Å². The lowest BCUT2D eigenvalue weighted by molar-refractivity contribution is -0.158. The molecule has 2 saturated heterocycles. The molecule has 10 atom stereocenters. The highest BCUT2D eigenvalue weighted by atomic mass is 19.4. The molecule has 2 bridgehead atoms. The van der Waals surface area contributed by atoms with Gasteiger partial charge in [0.2, 0.25) is 70.9 Å². The Balaban J connectivity index is 1.22. The average molecular weight is 1550 g/mol. The van der Waals surface area contributed by atoms with Crippen LogP contribution < -0.4 is 16.0 Å². The van der Waals surface area contributed by atoms with Crippen LogP contribution in [0, 0.1) is 29.4 Å². The maximum atomic E-state index is 15.6. The van der Waals surface area contributed by atoms with Gasteiger partial charge in [0.25, 0.3) is 0 Å². The van der Waals surface area contributed by atoms with Crippen molar-refractivity contribution < 1.29 is 97.4 Å². The molecule has 109 heavy (non-hydrogen) atoms. The van der Waals surface area contributed by atoms with Crippen molar-refractivity contribution in [2.75, 3.05) is 88.7 Å². The van der Waals surface area contributed by atoms with Crippen LogP contribution in [-0.4, -0.2) is 264 Å². The van der Waals surface area contributed by atoms with E-state index >= 15 is 42.3 Å². The first-order valence-corrected chi connectivity index (χ1v) is 37.6. The number of hydrogen-bond acceptors (Lipinski definition) is 13. The van der Waals surface area contributed by atoms with Crippen molar-refractivity contribution >= 4 is 70.9 Å². The minimum atomic E-state index is -5.46. The summed E-state index contributed by atoms with van der Waals surface area (Å²) in [5.74, 6) is -14.9. The van der Waals surface area contributed by atoms with Crippen molar-refractivity contribution in [1.82, 2.24) is 60.0 Å². The Morgan fingerprint density at radius 2 is 1.30 bits per heavy atom. The molecule has 6 aliphatic rings. The van der Waals surface area contributed by atoms with Gasteiger partial charge in [0.05, 0.1) is 31.2 Å². The lowest BCUT2D eigenvalue weighted by Gasteiger charge is -2.46. The third-order valence-corrected chi connectivity index (χ3v) is 22.7. The van der Waals surface area contributed by atoms with Crippen LogP contribution in [-0.2, 0) is 87.5 Å². The van der Waals surface area contributed by atoms with Gasteiger partial charge in [0.1, 0.15) is 71.1 Å². The molecule has 12 amide bonds. The van der Waals surface area contributed by atoms with Crippen LogP contribution in [0.2, 0.25) is 0 Å². The maximum Gasteiger partial charge on any atom is 0.422 e. The van der Waals surface area contributed by atoms with Gasteiger partial charge in [-0.3, -0.25) is 57.5 Å². The van der Waals surface area contributed by atoms with Crippen LogP contribution in [0.4, 0.5) is 35.1 Å². The summed E-state index contributed by atoms with van der Waals surface area (Å²) < 4.78 is 120. The number of hydrogen-bond donors (Lipinski definition) is 3. The second-order valence-corrected chi connectivity index (χ2v) is 30.2. The van der Waals surface area contributed by atoms with E-state index in [-0.39, 0.29) is 76.2 Å². The number of carbonyl (C=O) groups excluding carboxylic acids is 12. The van der Waals surface area contributed by atoms with Crippen molar-refractivity contribution in [3.63, 3.8) is 0 Å². The van der Waals surface area contributed by atoms with Gasteiger partial charge < -0.3 is 64.8 Å². The smallest absolute Gasteiger partial charge is 0.377 e. The van der Waals surface area contributed by atoms with Crippen LogP contribution in [0.1, 0.15) is 153 Å². The fourth-order valence-corrected chi connectivity index (χ4v) is 15.4. The number of halogens is 8. The van der Waals surface area contributed by atoms with Gasteiger partial charge in [-0.05, 0) is 131 Å². The highest BCUT2D eigenvalue weighted by Gasteiger charge is 2.54. The fraction of sp³-hybridized carbons (Fsp3) is 0.658. The van der Waals surface area contributed by atoms with E-state index in [1.807, 2.05) is 0 Å². The normalized spacial score (nSPS) is 26.6. The number of nitrogens with zero attached hydrogens (tertiary/aromatic N) is 9. The molecule has 5 fully saturated rings. The van der Waals surface area contributed by atoms with E-state index in [1.165, 1.54) is 57.0 Å². The molecule has 0 unspecified atom stereocenters. The highest BCUT2D eigenvalue weighted by molar-refractivity contribution is 6.01. The molecular formula is C76H104F8N12O13. The van der Waals surface area contributed by atoms with Gasteiger partial charge >= 0.3 is 12.4 Å². The summed E-state index contributed by atoms with van der Waals surface area (Å²) in [6.45, 7) is 4.80. The summed E-state index contributed by atoms with van der Waals surface area (Å²) in [7, 11) is 9.40. The van der Waals surface area contributed by atoms with Crippen LogP contribution in [0.3, 0.4) is 0 Å². The van der Waals surface area contributed by atoms with Gasteiger partial charge in [-0.25, -0.2) is 8.78 Å². The second kappa shape index (κ2) is 36.4. The van der Waals surface area contributed by atoms with Crippen molar-refractivity contribution in [2.45, 2.75) is 216 Å². The Hall–Kier alpha value is -8.78. The highest BCUT2D eigenvalue weighted by Crippen LogP contribution is 2.40. The Morgan fingerprint density at radius 1 is 0.670 bits per heavy atom. The lowest BCUT2D eigenvalue weighted by Crippen LogP contribution is -2.68. The summed E-state index contributed by atoms with van der Waals surface area (Å²) in [4.78, 5) is 191. The first-order chi connectivity index (χ1) is 51.3. The minimum Gasteiger partial charge on any atom is -0.377 e. The first kappa shape index (κ1) is 85.8. The molecule has 2 aromatic carbocycles. The average Bonchev–Trinajstić information content (AvgIpc) is 1.71. The molecular weight excluding hydrogens is 1440 g/mol. The van der Waals surface area contributed by atoms with Crippen molar-refractivity contribution in [3.8, 4) is 0 Å². The molecule has 3 heterocycles. The molecule has 1 spiro atoms. The molecule has 25 nitrogen and oxygen atoms in total. The molecule has 2 aromatic rings. The third-order valence-electron chi connectivity index (χ3n) is 22.7. The monoisotopic (exact) mass is 1540 g/mol. The van der Waals surface area contributed by atoms with E-state index in [1.54, 1.807) is 39.8 Å². The number of amides is 12. The van der Waals surface area contributed by atoms with Crippen molar-refractivity contribution in [3.05, 3.63) is 82.4 Å². The molecule has 3 N–H and O–H groups in total. The quantitative estimate of drug-likeness (QED) is 0.147. The SMILES string of the molecule is CCO[C@@H]1C[C@H]2C(=O)NC3(CCC3)C(=O)N(C)[C@@H](C3CCCC3)C(=O)N(C)[C@H](C(=O)N(C)CC)CC(=O)N(C)[C@@H](CC3CC3)C(=O)N[C@@H]([C@@H](C)CC)C(=O)N(C)CC(=O)N(C)[C@H]3C/C=C\CCN(C3=O)[C@@H](Cc3ccc(C(F)(F)F)cc3)C(=O)N(C)CC(=O)N[C@@H](CCc3cc(F)c(C(F)(F)F)c(F)c3)C(=O)N2C1. The van der Waals surface area contributed by atoms with E-state index in [2.05, 4.69) is 16.0 Å². The van der Waals surface area contributed by atoms with Gasteiger partial charge in [-0.2, -0.15) is 26.3 Å². The second-order valence-electron chi connectivity index (χ2n) is 30.2. The largest absolute Gasteiger partial charge is 0.422 e. The third kappa shape index (κ3) is 20.4. The van der Waals surface area contributed by atoms with E-state index in [0.717, 1.165) is 73.6 Å². The molecule has 602 valence electrons. The number of alkyl halides is 6. The summed E-state index contributed by atoms with van der Waals surface area (Å²) in [6, 6.07) is -7.18. The maximum absolute atomic E-state index is 15.6. The standard InChI is InChI=1S/C76H104F8N12O13/c1-12-44(4)63-71(106)90(7)43-61(99)91(8)54-23-16-15-19-34-95(70(54)105)58(38-46-26-29-49(30-27-46)75(79,80)81)69(104)89(6)42-59(97)85-53(31-28-47-35-51(77)62(52(78)36-47)76(82,83)84)67(102)96-41-50(109-14-3)39-56(96)66(101)87-74(32-20-33-74)73(108)94(11)64(48-21-17-18-22-48)72(107)93(10)57(68(103)88(5)13-2)40-60(98)92(9)55(65(100)86-63)37-45-24-25-45/h15-16,26-27,29-30,35-36,44-45,48,50,53-58,63-64H,12-14,17-25,28,31-34,37-43H2,1-11H3,(H,85,97)(H,86,100)(H,87,101)/b16-15-/t44-,50+,53-,54-,55-,56-,57-,58-,63-,64-/m0/s1. The molecule has 33 heteroatoms. The van der Waals surface area contributed by atoms with Crippen LogP contribution in [0.25, 0.3) is 0 Å². The van der Waals surface area contributed by atoms with Gasteiger partial charge in [-0.15, -0.1) is 0 Å². The lowest BCUT2D eigenvalue weighted by atomic mass is 9.74. The zero-order chi connectivity index (χ0) is 80.5. The van der Waals surface area contributed by atoms with Crippen LogP contribution in [0.5, 0.6) is 0 Å². The van der Waals surface area contributed by atoms with Crippen molar-refractivity contribution in [2.24, 2.45) is 17.8 Å². The number of aryl methyl sites for hydroxylation is 1. The Morgan fingerprint density at radius 3 is 1.87 bits per heavy atom. The summed E-state index contributed by atoms with van der Waals surface area (Å²) in [6.07, 6.45) is -5.77. The number of carbonyl (C=O) groups is 12. The molecule has 8 rings (SSSR count). The first-order valence-electron chi connectivity index (χ1n) is 37.6. The Kier molecular flexibility index (Phi) is 28.6. The Bertz CT molecular complexity index is 3700. The van der Waals surface area contributed by atoms with Gasteiger partial charge in [-0.1, -0.05) is 70.2 Å². The minimum absolute atomic E-state index is 0.00640. The fourth-order valence-electron chi connectivity index (χ4n) is 15.4. The molecule has 3 saturated carbocycles. The van der Waals surface area contributed by atoms with E-state index in [9.17, 15) is 50.3 Å². The van der Waals surface area contributed by atoms with Crippen LogP contribution in [0.15, 0.2) is 48.6 Å². The topological polar surface area (TPSA) is 279 Å². The van der Waals surface area contributed by atoms with Crippen molar-refractivity contribution in [1.29, 1.82) is 0 Å². The number of likely N-dealkylation sites (N-methyl/N-ethyl adjacent to an activating group) is 7. The van der Waals surface area contributed by atoms with E-state index in [4.69, 9.17) is 4.74 Å². The molecule has 0 radical (unpaired) electrons. The number of benzene rings is 2. The summed E-state index contributed by atoms with van der Waals surface area (Å²) in [5.41, 5.74) is -5.24. The van der Waals surface area contributed by atoms with Gasteiger partial charge in [0.15, 0.2) is 0 Å². The molecule has 3 aliphatic heterocycles. The van der Waals surface area contributed by atoms with E-state index in [0.29, 0.717) is 50.7 Å². The molecule has 3 aliphatic carbocycles. The van der Waals surface area contributed by atoms with Gasteiger partial charge in [0, 0.05) is 88.4 Å². The predicted molar refractivity (Wildman–Crippen MR) is 381 cm³/mol. The van der Waals surface area contributed by atoms with E-state index < -0.39 is 222 Å². The summed E-state index contributed by atoms with van der Waals surface area (Å²) in [5, 5.41) is 8.32. The zero-order valence-electron chi connectivity index (χ0n) is 63.9. The number of nitrogens with one attached hydrogen (secondary N) is 3. The predicted octanol–water partition coefficient (Wildman–Crippen LogP) is 5.88. The number of ether oxygens (including phenoxy) is 1. The number of rotatable bonds is 14. The summed E-state index contributed by atoms with van der Waals surface area (Å²) >= 11 is 0.